The van der Waals surface area contributed by atoms with E-state index in [0.717, 1.165) is 0 Å². The Morgan fingerprint density at radius 3 is 2.83 bits per heavy atom. The first-order chi connectivity index (χ1) is 5.70. The molecule has 1 amide bonds. The van der Waals surface area contributed by atoms with Crippen molar-refractivity contribution in [2.45, 2.75) is 26.3 Å². The van der Waals surface area contributed by atoms with Crippen LogP contribution in [0, 0.1) is 0 Å². The molecule has 72 valence electrons. The molecule has 0 radical (unpaired) electrons. The van der Waals surface area contributed by atoms with E-state index in [-0.39, 0.29) is 25.2 Å². The average Bonchev–Trinajstić information content (AvgIpc) is 2.01. The largest absolute Gasteiger partial charge is 0.396 e. The Morgan fingerprint density at radius 1 is 1.67 bits per heavy atom. The van der Waals surface area contributed by atoms with Gasteiger partial charge in [-0.25, -0.2) is 0 Å². The van der Waals surface area contributed by atoms with E-state index in [1.165, 1.54) is 0 Å². The molecule has 0 saturated carbocycles. The Balaban J connectivity index is 3.40. The molecule has 0 fully saturated rings. The fraction of sp³-hybridized carbons (Fsp3) is 0.875. The fourth-order valence-corrected chi connectivity index (χ4v) is 0.777. The number of hydrogen-bond acceptors (Lipinski definition) is 3. The van der Waals surface area contributed by atoms with Gasteiger partial charge in [-0.05, 0) is 20.3 Å². The topological polar surface area (TPSA) is 58.6 Å². The Morgan fingerprint density at radius 2 is 2.33 bits per heavy atom. The molecule has 0 bridgehead atoms. The lowest BCUT2D eigenvalue weighted by Gasteiger charge is -2.11. The quantitative estimate of drug-likeness (QED) is 0.593. The Hall–Kier alpha value is -0.610. The zero-order chi connectivity index (χ0) is 9.40. The lowest BCUT2D eigenvalue weighted by Crippen LogP contribution is -2.35. The minimum atomic E-state index is -0.127. The summed E-state index contributed by atoms with van der Waals surface area (Å²) in [4.78, 5) is 11.0. The maximum absolute atomic E-state index is 11.0. The van der Waals surface area contributed by atoms with E-state index in [4.69, 9.17) is 9.84 Å². The number of amides is 1. The molecule has 4 heteroatoms. The van der Waals surface area contributed by atoms with Gasteiger partial charge in [0.05, 0.1) is 0 Å². The summed E-state index contributed by atoms with van der Waals surface area (Å²) in [6, 6.07) is 0.0166. The number of ether oxygens (including phenoxy) is 1. The average molecular weight is 175 g/mol. The highest BCUT2D eigenvalue weighted by molar-refractivity contribution is 5.77. The predicted octanol–water partition coefficient (Wildman–Crippen LogP) is -0.0900. The molecule has 0 spiro atoms. The maximum Gasteiger partial charge on any atom is 0.246 e. The summed E-state index contributed by atoms with van der Waals surface area (Å²) in [6.07, 6.45) is 0.581. The summed E-state index contributed by atoms with van der Waals surface area (Å²) in [6.45, 7) is 4.43. The summed E-state index contributed by atoms with van der Waals surface area (Å²) in [5, 5.41) is 11.2. The van der Waals surface area contributed by atoms with Crippen LogP contribution >= 0.6 is 0 Å². The molecular formula is C8H17NO3. The third-order valence-electron chi connectivity index (χ3n) is 1.41. The molecule has 0 aliphatic heterocycles. The molecule has 0 aromatic carbocycles. The van der Waals surface area contributed by atoms with Crippen molar-refractivity contribution in [2.24, 2.45) is 0 Å². The van der Waals surface area contributed by atoms with Crippen LogP contribution in [0.2, 0.25) is 0 Å². The van der Waals surface area contributed by atoms with Gasteiger partial charge in [-0.15, -0.1) is 0 Å². The fourth-order valence-electron chi connectivity index (χ4n) is 0.777. The second-order valence-corrected chi connectivity index (χ2v) is 2.62. The van der Waals surface area contributed by atoms with Crippen LogP contribution in [0.25, 0.3) is 0 Å². The van der Waals surface area contributed by atoms with Gasteiger partial charge >= 0.3 is 0 Å². The van der Waals surface area contributed by atoms with E-state index in [0.29, 0.717) is 13.0 Å². The van der Waals surface area contributed by atoms with Crippen molar-refractivity contribution in [3.8, 4) is 0 Å². The van der Waals surface area contributed by atoms with Crippen molar-refractivity contribution in [1.29, 1.82) is 0 Å². The number of carbonyl (C=O) groups is 1. The highest BCUT2D eigenvalue weighted by Gasteiger charge is 2.05. The van der Waals surface area contributed by atoms with Crippen molar-refractivity contribution >= 4 is 5.91 Å². The van der Waals surface area contributed by atoms with Crippen LogP contribution in [0.3, 0.4) is 0 Å². The van der Waals surface area contributed by atoms with Crippen LogP contribution in [-0.4, -0.2) is 36.9 Å². The minimum Gasteiger partial charge on any atom is -0.396 e. The van der Waals surface area contributed by atoms with Crippen molar-refractivity contribution in [3.63, 3.8) is 0 Å². The molecule has 4 nitrogen and oxygen atoms in total. The van der Waals surface area contributed by atoms with E-state index in [9.17, 15) is 4.79 Å². The van der Waals surface area contributed by atoms with Crippen LogP contribution in [0.15, 0.2) is 0 Å². The van der Waals surface area contributed by atoms with Gasteiger partial charge in [0, 0.05) is 19.3 Å². The van der Waals surface area contributed by atoms with Gasteiger partial charge in [-0.3, -0.25) is 4.79 Å². The van der Waals surface area contributed by atoms with Crippen LogP contribution in [0.5, 0.6) is 0 Å². The van der Waals surface area contributed by atoms with Gasteiger partial charge in [-0.1, -0.05) is 0 Å². The molecule has 0 aliphatic rings. The van der Waals surface area contributed by atoms with Gasteiger partial charge in [-0.2, -0.15) is 0 Å². The Labute approximate surface area is 72.9 Å². The summed E-state index contributed by atoms with van der Waals surface area (Å²) in [5.74, 6) is -0.127. The Bertz CT molecular complexity index is 127. The van der Waals surface area contributed by atoms with Crippen LogP contribution in [0.4, 0.5) is 0 Å². The first kappa shape index (κ1) is 11.4. The molecule has 0 rings (SSSR count). The first-order valence-electron chi connectivity index (χ1n) is 4.18. The van der Waals surface area contributed by atoms with Gasteiger partial charge in [0.15, 0.2) is 0 Å². The summed E-state index contributed by atoms with van der Waals surface area (Å²) in [7, 11) is 0. The van der Waals surface area contributed by atoms with Gasteiger partial charge in [0.25, 0.3) is 0 Å². The normalized spacial score (nSPS) is 12.6. The van der Waals surface area contributed by atoms with Crippen molar-refractivity contribution < 1.29 is 14.6 Å². The van der Waals surface area contributed by atoms with Crippen molar-refractivity contribution in [1.82, 2.24) is 5.32 Å². The third-order valence-corrected chi connectivity index (χ3v) is 1.41. The maximum atomic E-state index is 11.0. The number of hydrogen-bond donors (Lipinski definition) is 2. The number of rotatable bonds is 6. The van der Waals surface area contributed by atoms with Crippen molar-refractivity contribution in [2.75, 3.05) is 19.8 Å². The van der Waals surface area contributed by atoms with E-state index >= 15 is 0 Å². The zero-order valence-corrected chi connectivity index (χ0v) is 7.67. The summed E-state index contributed by atoms with van der Waals surface area (Å²) >= 11 is 0. The molecule has 1 unspecified atom stereocenters. The molecule has 0 aliphatic carbocycles. The highest BCUT2D eigenvalue weighted by atomic mass is 16.5. The summed E-state index contributed by atoms with van der Waals surface area (Å²) in [5.41, 5.74) is 0. The molecular weight excluding hydrogens is 158 g/mol. The molecule has 0 aromatic rings. The van der Waals surface area contributed by atoms with E-state index in [2.05, 4.69) is 5.32 Å². The number of nitrogens with one attached hydrogen (secondary N) is 1. The van der Waals surface area contributed by atoms with Gasteiger partial charge < -0.3 is 15.2 Å². The van der Waals surface area contributed by atoms with E-state index in [1.54, 1.807) is 0 Å². The molecule has 0 aromatic heterocycles. The monoisotopic (exact) mass is 175 g/mol. The van der Waals surface area contributed by atoms with E-state index in [1.807, 2.05) is 13.8 Å². The van der Waals surface area contributed by atoms with Gasteiger partial charge in [0.1, 0.15) is 6.61 Å². The van der Waals surface area contributed by atoms with Crippen LogP contribution in [-0.2, 0) is 9.53 Å². The number of aliphatic hydroxyl groups is 1. The zero-order valence-electron chi connectivity index (χ0n) is 7.67. The second-order valence-electron chi connectivity index (χ2n) is 2.62. The summed E-state index contributed by atoms with van der Waals surface area (Å²) < 4.78 is 4.90. The molecule has 0 heterocycles. The Kier molecular flexibility index (Phi) is 6.70. The van der Waals surface area contributed by atoms with Crippen LogP contribution < -0.4 is 5.32 Å². The highest BCUT2D eigenvalue weighted by Crippen LogP contribution is 1.88. The lowest BCUT2D eigenvalue weighted by atomic mass is 10.2. The smallest absolute Gasteiger partial charge is 0.246 e. The first-order valence-corrected chi connectivity index (χ1v) is 4.18. The van der Waals surface area contributed by atoms with Crippen molar-refractivity contribution in [3.05, 3.63) is 0 Å². The standard InChI is InChI=1S/C8H17NO3/c1-3-12-6-8(11)9-7(2)4-5-10/h7,10H,3-6H2,1-2H3,(H,9,11). The minimum absolute atomic E-state index is 0.0166. The SMILES string of the molecule is CCOCC(=O)NC(C)CCO. The number of aliphatic hydroxyl groups excluding tert-OH is 1. The molecule has 1 atom stereocenters. The number of carbonyl (C=O) groups excluding carboxylic acids is 1. The molecule has 12 heavy (non-hydrogen) atoms. The van der Waals surface area contributed by atoms with E-state index < -0.39 is 0 Å². The van der Waals surface area contributed by atoms with Crippen LogP contribution in [0.1, 0.15) is 20.3 Å². The second kappa shape index (κ2) is 7.06. The van der Waals surface area contributed by atoms with Gasteiger partial charge in [0.2, 0.25) is 5.91 Å². The third kappa shape index (κ3) is 6.12. The predicted molar refractivity (Wildman–Crippen MR) is 45.8 cm³/mol. The molecule has 0 saturated heterocycles. The lowest BCUT2D eigenvalue weighted by molar-refractivity contribution is -0.126. The molecule has 2 N–H and O–H groups in total.